The first-order chi connectivity index (χ1) is 20.9. The molecule has 2 amide bonds. The van der Waals surface area contributed by atoms with Crippen LogP contribution in [0.2, 0.25) is 0 Å². The van der Waals surface area contributed by atoms with E-state index in [1.54, 1.807) is 0 Å². The molecule has 2 N–H and O–H groups in total. The number of nitrogens with one attached hydrogen (secondary N) is 2. The molecular weight excluding hydrogens is 600 g/mol. The van der Waals surface area contributed by atoms with Crippen LogP contribution in [0.3, 0.4) is 0 Å². The molecule has 0 aliphatic carbocycles. The van der Waals surface area contributed by atoms with Gasteiger partial charge in [0, 0.05) is 41.2 Å². The molecule has 0 bridgehead atoms. The molecule has 1 aromatic rings. The SMILES string of the molecule is CC(=O)N[C@@H]1[C@@H](OC(C)=O)[C@@H](OC(C)=O)[C@@H](COC(C)=O)O[C@@H]1SCCCOC[C@H](NC(C)=O)C(=O)OCc1ccccc1. The van der Waals surface area contributed by atoms with Gasteiger partial charge in [-0.1, -0.05) is 30.3 Å². The summed E-state index contributed by atoms with van der Waals surface area (Å²) in [4.78, 5) is 71.6. The molecule has 244 valence electrons. The standard InChI is InChI=1S/C29H40N2O12S/c1-17(32)30-23(28(37)40-14-22-10-7-6-8-11-22)15-38-12-9-13-44-29-25(31-18(2)33)27(42-21(5)36)26(41-20(4)35)24(43-29)16-39-19(3)34/h6-8,10-11,23-27,29H,9,12-16H2,1-5H3,(H,30,32)(H,31,33)/t23-,24+,25+,26-,27+,29+/m0/s1. The number of thioether (sulfide) groups is 1. The number of amides is 2. The van der Waals surface area contributed by atoms with Gasteiger partial charge in [0.05, 0.1) is 6.61 Å². The minimum absolute atomic E-state index is 0.0500. The van der Waals surface area contributed by atoms with Crippen LogP contribution in [0.5, 0.6) is 0 Å². The molecule has 1 aliphatic heterocycles. The minimum atomic E-state index is -1.17. The van der Waals surface area contributed by atoms with E-state index in [0.717, 1.165) is 5.56 Å². The Hall–Kier alpha value is -3.69. The summed E-state index contributed by atoms with van der Waals surface area (Å²) in [5.41, 5.74) is 0.00351. The van der Waals surface area contributed by atoms with E-state index in [1.165, 1.54) is 46.4 Å². The van der Waals surface area contributed by atoms with Crippen molar-refractivity contribution in [2.24, 2.45) is 0 Å². The van der Waals surface area contributed by atoms with Crippen LogP contribution < -0.4 is 10.6 Å². The van der Waals surface area contributed by atoms with Crippen LogP contribution in [0.1, 0.15) is 46.6 Å². The van der Waals surface area contributed by atoms with Crippen LogP contribution in [0, 0.1) is 0 Å². The molecule has 0 saturated carbocycles. The van der Waals surface area contributed by atoms with Gasteiger partial charge in [-0.3, -0.25) is 24.0 Å². The van der Waals surface area contributed by atoms with E-state index >= 15 is 0 Å². The first-order valence-corrected chi connectivity index (χ1v) is 15.0. The number of carbonyl (C=O) groups excluding carboxylic acids is 6. The number of ether oxygens (including phenoxy) is 6. The van der Waals surface area contributed by atoms with Crippen molar-refractivity contribution in [3.05, 3.63) is 35.9 Å². The van der Waals surface area contributed by atoms with Gasteiger partial charge in [-0.05, 0) is 17.7 Å². The van der Waals surface area contributed by atoms with Crippen molar-refractivity contribution in [3.63, 3.8) is 0 Å². The lowest BCUT2D eigenvalue weighted by Crippen LogP contribution is -2.65. The summed E-state index contributed by atoms with van der Waals surface area (Å²) in [7, 11) is 0. The summed E-state index contributed by atoms with van der Waals surface area (Å²) < 4.78 is 33.1. The molecule has 1 fully saturated rings. The first kappa shape index (κ1) is 36.5. The second-order valence-corrected chi connectivity index (χ2v) is 11.1. The lowest BCUT2D eigenvalue weighted by molar-refractivity contribution is -0.211. The van der Waals surface area contributed by atoms with Gasteiger partial charge in [-0.25, -0.2) is 4.79 Å². The predicted octanol–water partition coefficient (Wildman–Crippen LogP) is 1.03. The molecule has 6 atom stereocenters. The fourth-order valence-corrected chi connectivity index (χ4v) is 5.41. The highest BCUT2D eigenvalue weighted by atomic mass is 32.2. The monoisotopic (exact) mass is 640 g/mol. The molecule has 15 heteroatoms. The van der Waals surface area contributed by atoms with Gasteiger partial charge in [0.15, 0.2) is 18.2 Å². The highest BCUT2D eigenvalue weighted by Crippen LogP contribution is 2.33. The number of benzene rings is 1. The maximum absolute atomic E-state index is 12.6. The van der Waals surface area contributed by atoms with Gasteiger partial charge in [-0.2, -0.15) is 0 Å². The summed E-state index contributed by atoms with van der Waals surface area (Å²) in [5.74, 6) is -3.01. The van der Waals surface area contributed by atoms with Crippen molar-refractivity contribution in [3.8, 4) is 0 Å². The Morgan fingerprint density at radius 3 is 2.11 bits per heavy atom. The normalized spacial score (nSPS) is 21.7. The molecule has 14 nitrogen and oxygen atoms in total. The molecule has 0 spiro atoms. The summed E-state index contributed by atoms with van der Waals surface area (Å²) in [6.45, 7) is 5.97. The molecule has 1 saturated heterocycles. The maximum atomic E-state index is 12.6. The van der Waals surface area contributed by atoms with Crippen LogP contribution in [-0.2, 0) is 63.8 Å². The van der Waals surface area contributed by atoms with Crippen molar-refractivity contribution in [1.82, 2.24) is 10.6 Å². The first-order valence-electron chi connectivity index (χ1n) is 13.9. The van der Waals surface area contributed by atoms with Gasteiger partial charge in [0.2, 0.25) is 11.8 Å². The Labute approximate surface area is 260 Å². The Morgan fingerprint density at radius 1 is 0.864 bits per heavy atom. The third-order valence-electron chi connectivity index (χ3n) is 5.96. The number of carbonyl (C=O) groups is 6. The van der Waals surface area contributed by atoms with Crippen molar-refractivity contribution < 1.29 is 57.2 Å². The van der Waals surface area contributed by atoms with Crippen molar-refractivity contribution in [1.29, 1.82) is 0 Å². The molecule has 1 aliphatic rings. The van der Waals surface area contributed by atoms with Gasteiger partial charge >= 0.3 is 23.9 Å². The highest BCUT2D eigenvalue weighted by molar-refractivity contribution is 7.99. The topological polar surface area (TPSA) is 182 Å². The van der Waals surface area contributed by atoms with Crippen molar-refractivity contribution >= 4 is 47.5 Å². The Morgan fingerprint density at radius 2 is 1.52 bits per heavy atom. The summed E-state index contributed by atoms with van der Waals surface area (Å²) >= 11 is 1.27. The number of esters is 4. The van der Waals surface area contributed by atoms with Crippen LogP contribution >= 0.6 is 11.8 Å². The van der Waals surface area contributed by atoms with Crippen LogP contribution in [-0.4, -0.2) is 97.1 Å². The van der Waals surface area contributed by atoms with Gasteiger partial charge in [0.25, 0.3) is 0 Å². The Balaban J connectivity index is 2.01. The molecule has 1 aromatic carbocycles. The van der Waals surface area contributed by atoms with Crippen LogP contribution in [0.25, 0.3) is 0 Å². The van der Waals surface area contributed by atoms with E-state index in [2.05, 4.69) is 10.6 Å². The molecule has 1 heterocycles. The van der Waals surface area contributed by atoms with E-state index in [0.29, 0.717) is 12.2 Å². The van der Waals surface area contributed by atoms with Gasteiger partial charge in [-0.15, -0.1) is 11.8 Å². The second kappa shape index (κ2) is 18.9. The summed E-state index contributed by atoms with van der Waals surface area (Å²) in [6, 6.07) is 7.19. The molecule has 0 aromatic heterocycles. The maximum Gasteiger partial charge on any atom is 0.331 e. The third-order valence-corrected chi connectivity index (χ3v) is 7.21. The van der Waals surface area contributed by atoms with Crippen molar-refractivity contribution in [2.45, 2.75) is 83.5 Å². The number of hydrogen-bond acceptors (Lipinski definition) is 13. The van der Waals surface area contributed by atoms with Crippen LogP contribution in [0.15, 0.2) is 30.3 Å². The zero-order valence-electron chi connectivity index (χ0n) is 25.4. The Bertz CT molecular complexity index is 1130. The molecule has 44 heavy (non-hydrogen) atoms. The van der Waals surface area contributed by atoms with E-state index in [1.807, 2.05) is 30.3 Å². The average Bonchev–Trinajstić information content (AvgIpc) is 2.94. The zero-order valence-corrected chi connectivity index (χ0v) is 26.2. The summed E-state index contributed by atoms with van der Waals surface area (Å²) in [5, 5.41) is 5.24. The lowest BCUT2D eigenvalue weighted by Gasteiger charge is -2.45. The molecule has 0 radical (unpaired) electrons. The summed E-state index contributed by atoms with van der Waals surface area (Å²) in [6.07, 6.45) is -2.83. The number of hydrogen-bond donors (Lipinski definition) is 2. The minimum Gasteiger partial charge on any atom is -0.463 e. The second-order valence-electron chi connectivity index (χ2n) is 9.87. The fourth-order valence-electron chi connectivity index (χ4n) is 4.24. The van der Waals surface area contributed by atoms with Crippen LogP contribution in [0.4, 0.5) is 0 Å². The average molecular weight is 641 g/mol. The Kier molecular flexibility index (Phi) is 15.6. The van der Waals surface area contributed by atoms with E-state index in [-0.39, 0.29) is 26.4 Å². The van der Waals surface area contributed by atoms with Gasteiger partial charge < -0.3 is 39.1 Å². The largest absolute Gasteiger partial charge is 0.463 e. The molecule has 2 rings (SSSR count). The van der Waals surface area contributed by atoms with E-state index in [4.69, 9.17) is 28.4 Å². The fraction of sp³-hybridized carbons (Fsp3) is 0.586. The van der Waals surface area contributed by atoms with Crippen molar-refractivity contribution in [2.75, 3.05) is 25.6 Å². The highest BCUT2D eigenvalue weighted by Gasteiger charge is 2.50. The quantitative estimate of drug-likeness (QED) is 0.149. The zero-order chi connectivity index (χ0) is 32.6. The smallest absolute Gasteiger partial charge is 0.331 e. The third kappa shape index (κ3) is 13.3. The van der Waals surface area contributed by atoms with E-state index < -0.39 is 71.5 Å². The van der Waals surface area contributed by atoms with Gasteiger partial charge in [0.1, 0.15) is 30.8 Å². The number of rotatable bonds is 16. The molecule has 0 unspecified atom stereocenters. The van der Waals surface area contributed by atoms with E-state index in [9.17, 15) is 28.8 Å². The predicted molar refractivity (Wildman–Crippen MR) is 156 cm³/mol. The molecular formula is C29H40N2O12S. The lowest BCUT2D eigenvalue weighted by atomic mass is 9.97.